The highest BCUT2D eigenvalue weighted by molar-refractivity contribution is 6.30. The van der Waals surface area contributed by atoms with Gasteiger partial charge in [0.25, 0.3) is 0 Å². The fourth-order valence-electron chi connectivity index (χ4n) is 3.59. The normalized spacial score (nSPS) is 23.5. The van der Waals surface area contributed by atoms with E-state index in [4.69, 9.17) is 21.1 Å². The molecule has 0 bridgehead atoms. The number of hydrogen-bond donors (Lipinski definition) is 1. The molecule has 1 spiro atoms. The van der Waals surface area contributed by atoms with Crippen LogP contribution in [0.1, 0.15) is 25.7 Å². The molecule has 2 aliphatic heterocycles. The standard InChI is InChI=1S/C18H21ClN2O4/c19-13-1-3-14(4-2-13)20-15(22)17(5-6-17)16(23)21-9-7-18(8-10-21)24-11-12-25-18/h1-4H,5-12H2,(H,20,22). The molecule has 3 fully saturated rings. The summed E-state index contributed by atoms with van der Waals surface area (Å²) in [5.74, 6) is -0.820. The molecule has 2 saturated heterocycles. The van der Waals surface area contributed by atoms with Crippen molar-refractivity contribution in [2.75, 3.05) is 31.6 Å². The molecule has 3 aliphatic rings. The Balaban J connectivity index is 1.39. The van der Waals surface area contributed by atoms with Gasteiger partial charge in [-0.1, -0.05) is 11.6 Å². The van der Waals surface area contributed by atoms with Crippen LogP contribution in [0, 0.1) is 5.41 Å². The van der Waals surface area contributed by atoms with E-state index < -0.39 is 11.2 Å². The number of benzene rings is 1. The smallest absolute Gasteiger partial charge is 0.240 e. The quantitative estimate of drug-likeness (QED) is 0.836. The van der Waals surface area contributed by atoms with Crippen molar-refractivity contribution >= 4 is 29.1 Å². The van der Waals surface area contributed by atoms with Crippen LogP contribution in [-0.4, -0.2) is 48.8 Å². The third-order valence-corrected chi connectivity index (χ3v) is 5.57. The maximum Gasteiger partial charge on any atom is 0.240 e. The van der Waals surface area contributed by atoms with Crippen LogP contribution < -0.4 is 5.32 Å². The van der Waals surface area contributed by atoms with Crippen molar-refractivity contribution in [1.82, 2.24) is 4.90 Å². The van der Waals surface area contributed by atoms with Crippen molar-refractivity contribution in [3.8, 4) is 0 Å². The summed E-state index contributed by atoms with van der Waals surface area (Å²) in [6.45, 7) is 2.35. The number of likely N-dealkylation sites (tertiary alicyclic amines) is 1. The van der Waals surface area contributed by atoms with Gasteiger partial charge in [0.15, 0.2) is 5.79 Å². The first kappa shape index (κ1) is 16.8. The van der Waals surface area contributed by atoms with Crippen LogP contribution in [-0.2, 0) is 19.1 Å². The Morgan fingerprint density at radius 2 is 1.60 bits per heavy atom. The Morgan fingerprint density at radius 3 is 2.16 bits per heavy atom. The summed E-state index contributed by atoms with van der Waals surface area (Å²) in [5, 5.41) is 3.45. The van der Waals surface area contributed by atoms with Crippen molar-refractivity contribution < 1.29 is 19.1 Å². The molecule has 134 valence electrons. The molecule has 2 heterocycles. The third kappa shape index (κ3) is 3.14. The van der Waals surface area contributed by atoms with Gasteiger partial charge in [0.05, 0.1) is 13.2 Å². The average Bonchev–Trinajstić information content (AvgIpc) is 3.33. The number of rotatable bonds is 3. The maximum atomic E-state index is 12.9. The molecule has 6 nitrogen and oxygen atoms in total. The van der Waals surface area contributed by atoms with Gasteiger partial charge in [0, 0.05) is 36.6 Å². The minimum absolute atomic E-state index is 0.0770. The Kier molecular flexibility index (Phi) is 4.22. The van der Waals surface area contributed by atoms with Gasteiger partial charge >= 0.3 is 0 Å². The summed E-state index contributed by atoms with van der Waals surface area (Å²) in [4.78, 5) is 27.4. The number of carbonyl (C=O) groups excluding carboxylic acids is 2. The minimum atomic E-state index is -0.915. The van der Waals surface area contributed by atoms with Crippen LogP contribution in [0.2, 0.25) is 5.02 Å². The van der Waals surface area contributed by atoms with Crippen molar-refractivity contribution in [3.05, 3.63) is 29.3 Å². The zero-order chi connectivity index (χ0) is 17.5. The molecule has 25 heavy (non-hydrogen) atoms. The van der Waals surface area contributed by atoms with Gasteiger partial charge in [-0.2, -0.15) is 0 Å². The van der Waals surface area contributed by atoms with Crippen LogP contribution in [0.5, 0.6) is 0 Å². The van der Waals surface area contributed by atoms with E-state index in [1.165, 1.54) is 0 Å². The van der Waals surface area contributed by atoms with Gasteiger partial charge in [-0.15, -0.1) is 0 Å². The van der Waals surface area contributed by atoms with Crippen LogP contribution >= 0.6 is 11.6 Å². The van der Waals surface area contributed by atoms with Crippen molar-refractivity contribution in [2.45, 2.75) is 31.5 Å². The molecule has 0 radical (unpaired) electrons. The second-order valence-electron chi connectivity index (χ2n) is 6.94. The largest absolute Gasteiger partial charge is 0.347 e. The highest BCUT2D eigenvalue weighted by Crippen LogP contribution is 2.49. The molecule has 0 aromatic heterocycles. The van der Waals surface area contributed by atoms with Crippen molar-refractivity contribution in [3.63, 3.8) is 0 Å². The molecule has 1 aromatic rings. The molecular formula is C18H21ClN2O4. The highest BCUT2D eigenvalue weighted by atomic mass is 35.5. The number of nitrogens with one attached hydrogen (secondary N) is 1. The fraction of sp³-hybridized carbons (Fsp3) is 0.556. The molecule has 1 aliphatic carbocycles. The molecule has 1 saturated carbocycles. The minimum Gasteiger partial charge on any atom is -0.347 e. The van der Waals surface area contributed by atoms with Gasteiger partial charge in [0.1, 0.15) is 5.41 Å². The first-order valence-electron chi connectivity index (χ1n) is 8.67. The summed E-state index contributed by atoms with van der Waals surface area (Å²) in [5.41, 5.74) is -0.263. The van der Waals surface area contributed by atoms with E-state index in [0.717, 1.165) is 0 Å². The van der Waals surface area contributed by atoms with Gasteiger partial charge in [-0.05, 0) is 37.1 Å². The predicted octanol–water partition coefficient (Wildman–Crippen LogP) is 2.42. The second-order valence-corrected chi connectivity index (χ2v) is 7.38. The fourth-order valence-corrected chi connectivity index (χ4v) is 3.71. The number of halogens is 1. The molecule has 0 atom stereocenters. The van der Waals surface area contributed by atoms with Crippen LogP contribution in [0.25, 0.3) is 0 Å². The number of carbonyl (C=O) groups is 2. The van der Waals surface area contributed by atoms with E-state index in [9.17, 15) is 9.59 Å². The van der Waals surface area contributed by atoms with E-state index in [-0.39, 0.29) is 11.8 Å². The van der Waals surface area contributed by atoms with E-state index in [2.05, 4.69) is 5.32 Å². The molecule has 4 rings (SSSR count). The molecule has 7 heteroatoms. The predicted molar refractivity (Wildman–Crippen MR) is 92.2 cm³/mol. The van der Waals surface area contributed by atoms with E-state index in [0.29, 0.717) is 62.7 Å². The lowest BCUT2D eigenvalue weighted by Crippen LogP contribution is -2.51. The van der Waals surface area contributed by atoms with E-state index in [1.54, 1.807) is 29.2 Å². The number of hydrogen-bond acceptors (Lipinski definition) is 4. The molecule has 0 unspecified atom stereocenters. The Labute approximate surface area is 151 Å². The lowest BCUT2D eigenvalue weighted by atomic mass is 9.98. The summed E-state index contributed by atoms with van der Waals surface area (Å²) in [6, 6.07) is 6.90. The first-order valence-corrected chi connectivity index (χ1v) is 9.05. The lowest BCUT2D eigenvalue weighted by molar-refractivity contribution is -0.188. The second kappa shape index (κ2) is 6.27. The lowest BCUT2D eigenvalue weighted by Gasteiger charge is -2.38. The van der Waals surface area contributed by atoms with Crippen LogP contribution in [0.3, 0.4) is 0 Å². The highest BCUT2D eigenvalue weighted by Gasteiger charge is 2.58. The number of ether oxygens (including phenoxy) is 2. The number of amides is 2. The number of anilines is 1. The third-order valence-electron chi connectivity index (χ3n) is 5.32. The van der Waals surface area contributed by atoms with Crippen LogP contribution in [0.4, 0.5) is 5.69 Å². The summed E-state index contributed by atoms with van der Waals surface area (Å²) in [7, 11) is 0. The number of piperidine rings is 1. The van der Waals surface area contributed by atoms with E-state index >= 15 is 0 Å². The average molecular weight is 365 g/mol. The molecule has 1 aromatic carbocycles. The summed E-state index contributed by atoms with van der Waals surface area (Å²) in [6.07, 6.45) is 2.51. The van der Waals surface area contributed by atoms with Crippen LogP contribution in [0.15, 0.2) is 24.3 Å². The zero-order valence-corrected chi connectivity index (χ0v) is 14.7. The maximum absolute atomic E-state index is 12.9. The topological polar surface area (TPSA) is 67.9 Å². The molecule has 1 N–H and O–H groups in total. The zero-order valence-electron chi connectivity index (χ0n) is 13.9. The summed E-state index contributed by atoms with van der Waals surface area (Å²) >= 11 is 5.86. The number of nitrogens with zero attached hydrogens (tertiary/aromatic N) is 1. The van der Waals surface area contributed by atoms with Crippen molar-refractivity contribution in [1.29, 1.82) is 0 Å². The summed E-state index contributed by atoms with van der Waals surface area (Å²) < 4.78 is 11.4. The Hall–Kier alpha value is -1.63. The monoisotopic (exact) mass is 364 g/mol. The van der Waals surface area contributed by atoms with Gasteiger partial charge in [-0.25, -0.2) is 0 Å². The molecular weight excluding hydrogens is 344 g/mol. The SMILES string of the molecule is O=C(Nc1ccc(Cl)cc1)C1(C(=O)N2CCC3(CC2)OCCO3)CC1. The Bertz CT molecular complexity index is 671. The molecule has 2 amide bonds. The first-order chi connectivity index (χ1) is 12.0. The van der Waals surface area contributed by atoms with Crippen molar-refractivity contribution in [2.24, 2.45) is 5.41 Å². The Morgan fingerprint density at radius 1 is 1.00 bits per heavy atom. The van der Waals surface area contributed by atoms with Gasteiger partial charge in [0.2, 0.25) is 11.8 Å². The van der Waals surface area contributed by atoms with Gasteiger partial charge in [-0.3, -0.25) is 9.59 Å². The van der Waals surface area contributed by atoms with E-state index in [1.807, 2.05) is 0 Å². The van der Waals surface area contributed by atoms with Gasteiger partial charge < -0.3 is 19.7 Å².